The summed E-state index contributed by atoms with van der Waals surface area (Å²) in [6.07, 6.45) is 16.2. The van der Waals surface area contributed by atoms with E-state index in [0.29, 0.717) is 18.3 Å². The second-order valence-corrected chi connectivity index (χ2v) is 8.53. The monoisotopic (exact) mass is 405 g/mol. The van der Waals surface area contributed by atoms with Crippen molar-refractivity contribution in [1.29, 1.82) is 5.26 Å². The normalized spacial score (nSPS) is 19.8. The van der Waals surface area contributed by atoms with Crippen LogP contribution in [0.5, 0.6) is 5.75 Å². The summed E-state index contributed by atoms with van der Waals surface area (Å²) in [5, 5.41) is 10.6. The zero-order chi connectivity index (χ0) is 20.6. The Morgan fingerprint density at radius 2 is 2.10 bits per heavy atom. The summed E-state index contributed by atoms with van der Waals surface area (Å²) in [4.78, 5) is 10.1. The minimum atomic E-state index is 0.290. The summed E-state index contributed by atoms with van der Waals surface area (Å²) in [7, 11) is 0. The molecule has 4 nitrogen and oxygen atoms in total. The van der Waals surface area contributed by atoms with Crippen LogP contribution < -0.4 is 4.74 Å². The van der Waals surface area contributed by atoms with Crippen LogP contribution in [0.2, 0.25) is 0 Å². The fraction of sp³-hybridized carbons (Fsp3) is 0.375. The lowest BCUT2D eigenvalue weighted by Crippen LogP contribution is -2.10. The van der Waals surface area contributed by atoms with E-state index in [9.17, 15) is 5.26 Å². The quantitative estimate of drug-likeness (QED) is 0.498. The summed E-state index contributed by atoms with van der Waals surface area (Å²) >= 11 is 1.73. The molecule has 1 fully saturated rings. The van der Waals surface area contributed by atoms with Crippen LogP contribution in [0, 0.1) is 17.2 Å². The minimum absolute atomic E-state index is 0.290. The zero-order valence-corrected chi connectivity index (χ0v) is 17.9. The number of hydrogen-bond donors (Lipinski definition) is 0. The average molecular weight is 406 g/mol. The van der Waals surface area contributed by atoms with Gasteiger partial charge in [-0.1, -0.05) is 50.6 Å². The van der Waals surface area contributed by atoms with Gasteiger partial charge in [0.05, 0.1) is 9.88 Å². The highest BCUT2D eigenvalue weighted by molar-refractivity contribution is 7.15. The van der Waals surface area contributed by atoms with Crippen molar-refractivity contribution >= 4 is 11.3 Å². The molecule has 2 heterocycles. The van der Waals surface area contributed by atoms with Gasteiger partial charge in [-0.3, -0.25) is 0 Å². The SMILES string of the molecule is C=C/C=C(\C=C/C)COc1cc(-c2cnc(C3CCC(C)CC3)s2)cnc1C#N. The number of hydrogen-bond acceptors (Lipinski definition) is 5. The van der Waals surface area contributed by atoms with E-state index in [1.54, 1.807) is 23.6 Å². The van der Waals surface area contributed by atoms with Crippen LogP contribution in [0.1, 0.15) is 56.2 Å². The third kappa shape index (κ3) is 5.42. The predicted molar refractivity (Wildman–Crippen MR) is 119 cm³/mol. The summed E-state index contributed by atoms with van der Waals surface area (Å²) < 4.78 is 5.92. The Hall–Kier alpha value is -2.71. The van der Waals surface area contributed by atoms with Gasteiger partial charge < -0.3 is 4.74 Å². The van der Waals surface area contributed by atoms with Gasteiger partial charge in [0.2, 0.25) is 0 Å². The average Bonchev–Trinajstić information content (AvgIpc) is 3.23. The molecule has 2 aromatic rings. The van der Waals surface area contributed by atoms with Crippen LogP contribution >= 0.6 is 11.3 Å². The van der Waals surface area contributed by atoms with Crippen molar-refractivity contribution in [1.82, 2.24) is 9.97 Å². The standard InChI is InChI=1S/C24H27N3OS/c1-4-6-18(7-5-2)16-28-22-12-20(14-26-21(22)13-25)23-15-27-24(29-23)19-10-8-17(3)9-11-19/h4-7,12,14-15,17,19H,1,8-11,16H2,2-3H3/b7-5-,18-6+. The number of nitriles is 1. The van der Waals surface area contributed by atoms with E-state index in [4.69, 9.17) is 9.72 Å². The Balaban J connectivity index is 1.79. The van der Waals surface area contributed by atoms with Crippen molar-refractivity contribution < 1.29 is 4.74 Å². The fourth-order valence-electron chi connectivity index (χ4n) is 3.57. The Bertz CT molecular complexity index is 943. The Labute approximate surface area is 177 Å². The molecule has 29 heavy (non-hydrogen) atoms. The molecule has 0 radical (unpaired) electrons. The fourth-order valence-corrected chi connectivity index (χ4v) is 4.64. The van der Waals surface area contributed by atoms with Crippen LogP contribution in [0.3, 0.4) is 0 Å². The topological polar surface area (TPSA) is 58.8 Å². The van der Waals surface area contributed by atoms with Gasteiger partial charge in [-0.25, -0.2) is 9.97 Å². The maximum absolute atomic E-state index is 9.40. The molecule has 0 amide bonds. The van der Waals surface area contributed by atoms with Crippen LogP contribution in [0.25, 0.3) is 10.4 Å². The van der Waals surface area contributed by atoms with E-state index in [1.165, 1.54) is 30.7 Å². The number of aromatic nitrogens is 2. The van der Waals surface area contributed by atoms with Gasteiger partial charge in [-0.05, 0) is 37.3 Å². The van der Waals surface area contributed by atoms with E-state index in [2.05, 4.69) is 24.6 Å². The third-order valence-corrected chi connectivity index (χ3v) is 6.45. The van der Waals surface area contributed by atoms with E-state index in [1.807, 2.05) is 37.4 Å². The maximum atomic E-state index is 9.40. The number of pyridine rings is 1. The van der Waals surface area contributed by atoms with Gasteiger partial charge in [0.25, 0.3) is 0 Å². The van der Waals surface area contributed by atoms with Crippen LogP contribution in [-0.4, -0.2) is 16.6 Å². The molecule has 2 aromatic heterocycles. The zero-order valence-electron chi connectivity index (χ0n) is 17.1. The van der Waals surface area contributed by atoms with E-state index in [0.717, 1.165) is 21.9 Å². The highest BCUT2D eigenvalue weighted by Crippen LogP contribution is 2.39. The Kier molecular flexibility index (Phi) is 7.37. The van der Waals surface area contributed by atoms with Crippen LogP contribution in [-0.2, 0) is 0 Å². The molecule has 0 aliphatic heterocycles. The largest absolute Gasteiger partial charge is 0.486 e. The minimum Gasteiger partial charge on any atom is -0.486 e. The molecule has 0 bridgehead atoms. The van der Waals surface area contributed by atoms with Gasteiger partial charge in [0.1, 0.15) is 12.7 Å². The van der Waals surface area contributed by atoms with Crippen molar-refractivity contribution in [3.05, 3.63) is 65.6 Å². The lowest BCUT2D eigenvalue weighted by molar-refractivity contribution is 0.347. The molecule has 0 N–H and O–H groups in total. The van der Waals surface area contributed by atoms with Gasteiger partial charge in [-0.2, -0.15) is 5.26 Å². The molecule has 5 heteroatoms. The Morgan fingerprint density at radius 3 is 2.79 bits per heavy atom. The first kappa shape index (κ1) is 21.0. The van der Waals surface area contributed by atoms with Crippen molar-refractivity contribution in [3.8, 4) is 22.3 Å². The van der Waals surface area contributed by atoms with Gasteiger partial charge in [0, 0.05) is 23.9 Å². The lowest BCUT2D eigenvalue weighted by Gasteiger charge is -2.24. The molecule has 0 atom stereocenters. The molecular formula is C24H27N3OS. The number of rotatable bonds is 7. The molecule has 3 rings (SSSR count). The van der Waals surface area contributed by atoms with Crippen molar-refractivity contribution in [2.24, 2.45) is 5.92 Å². The molecule has 1 aliphatic carbocycles. The number of nitrogens with zero attached hydrogens (tertiary/aromatic N) is 3. The first-order chi connectivity index (χ1) is 14.1. The van der Waals surface area contributed by atoms with Gasteiger partial charge >= 0.3 is 0 Å². The first-order valence-electron chi connectivity index (χ1n) is 10.1. The maximum Gasteiger partial charge on any atom is 0.182 e. The molecule has 0 spiro atoms. The molecule has 150 valence electrons. The third-order valence-electron chi connectivity index (χ3n) is 5.24. The van der Waals surface area contributed by atoms with Crippen molar-refractivity contribution in [2.45, 2.75) is 45.4 Å². The van der Waals surface area contributed by atoms with Crippen molar-refractivity contribution in [2.75, 3.05) is 6.61 Å². The molecule has 1 saturated carbocycles. The molecule has 0 unspecified atom stereocenters. The second-order valence-electron chi connectivity index (χ2n) is 7.47. The molecular weight excluding hydrogens is 378 g/mol. The predicted octanol–water partition coefficient (Wildman–Crippen LogP) is 6.44. The van der Waals surface area contributed by atoms with Crippen LogP contribution in [0.15, 0.2) is 54.9 Å². The summed E-state index contributed by atoms with van der Waals surface area (Å²) in [5.74, 6) is 1.89. The second kappa shape index (κ2) is 10.2. The van der Waals surface area contributed by atoms with E-state index in [-0.39, 0.29) is 5.69 Å². The number of ether oxygens (including phenoxy) is 1. The summed E-state index contributed by atoms with van der Waals surface area (Å²) in [6, 6.07) is 4.01. The first-order valence-corrected chi connectivity index (χ1v) is 10.9. The lowest BCUT2D eigenvalue weighted by atomic mass is 9.83. The molecule has 0 saturated heterocycles. The van der Waals surface area contributed by atoms with E-state index < -0.39 is 0 Å². The highest BCUT2D eigenvalue weighted by Gasteiger charge is 2.22. The van der Waals surface area contributed by atoms with Crippen molar-refractivity contribution in [3.63, 3.8) is 0 Å². The summed E-state index contributed by atoms with van der Waals surface area (Å²) in [5.41, 5.74) is 2.20. The highest BCUT2D eigenvalue weighted by atomic mass is 32.1. The smallest absolute Gasteiger partial charge is 0.182 e. The van der Waals surface area contributed by atoms with E-state index >= 15 is 0 Å². The van der Waals surface area contributed by atoms with Crippen LogP contribution in [0.4, 0.5) is 0 Å². The number of thiazole rings is 1. The summed E-state index contributed by atoms with van der Waals surface area (Å²) in [6.45, 7) is 8.37. The Morgan fingerprint density at radius 1 is 1.31 bits per heavy atom. The molecule has 0 aromatic carbocycles. The number of allylic oxidation sites excluding steroid dienone is 3. The molecule has 1 aliphatic rings. The van der Waals surface area contributed by atoms with Gasteiger partial charge in [-0.15, -0.1) is 11.3 Å². The van der Waals surface area contributed by atoms with Gasteiger partial charge in [0.15, 0.2) is 11.4 Å².